The molecule has 312 valence electrons. The molecule has 6 aliphatic rings. The van der Waals surface area contributed by atoms with Crippen molar-refractivity contribution in [1.82, 2.24) is 0 Å². The second-order valence-electron chi connectivity index (χ2n) is 18.4. The Hall–Kier alpha value is -4.99. The fourth-order valence-corrected chi connectivity index (χ4v) is 13.1. The van der Waals surface area contributed by atoms with Crippen molar-refractivity contribution in [3.05, 3.63) is 60.7 Å². The SMILES string of the molecule is COC(=O)CC[C@@H](C)[C@H]1CC[C@H]2[C@@H]3CCC4C[C@@H]5CC[C@]4(C)[C@H]3C[C@H](OC(=O)Oc3ccc4ccc(OC)c(c4c3)-c3c(OC)ccc4ccc(cc34)OC(=O)O5)[C@]12C. The monoisotopic (exact) mass is 804 g/mol. The molecule has 10 rings (SSSR count). The van der Waals surface area contributed by atoms with E-state index in [0.29, 0.717) is 53.1 Å². The van der Waals surface area contributed by atoms with Crippen molar-refractivity contribution in [3.63, 3.8) is 0 Å². The second-order valence-corrected chi connectivity index (χ2v) is 18.4. The molecule has 4 aliphatic carbocycles. The van der Waals surface area contributed by atoms with E-state index in [9.17, 15) is 14.4 Å². The van der Waals surface area contributed by atoms with Crippen LogP contribution in [0.15, 0.2) is 60.7 Å². The summed E-state index contributed by atoms with van der Waals surface area (Å²) in [5.41, 5.74) is 1.16. The minimum atomic E-state index is -0.714. The summed E-state index contributed by atoms with van der Waals surface area (Å²) in [5, 5.41) is 3.36. The van der Waals surface area contributed by atoms with Gasteiger partial charge in [-0.2, -0.15) is 0 Å². The Kier molecular flexibility index (Phi) is 10.2. The van der Waals surface area contributed by atoms with Gasteiger partial charge in [-0.3, -0.25) is 4.79 Å². The quantitative estimate of drug-likeness (QED) is 0.106. The van der Waals surface area contributed by atoms with Crippen molar-refractivity contribution >= 4 is 39.8 Å². The standard InChI is InChI=1S/C49H56O10/c1-27(7-20-43(50)55-6)37-16-17-38-34-15-12-30-23-33-21-22-48(30,2)39(34)26-42(49(37,38)3)59-47(52)57-32-14-9-29-11-19-41(54-5)45(36(29)25-32)44-35-24-31(56-46(51)58-33)13-8-28(35)10-18-40(44)53-4/h8-11,13-14,18-19,24-25,27,30,33-34,37-39,42H,7,12,15-17,20-23,26H2,1-6H3/t27-,30?,33+,34+,37-,38+,39+,42+,48+,49-/m1/s1. The van der Waals surface area contributed by atoms with E-state index < -0.39 is 12.3 Å². The highest BCUT2D eigenvalue weighted by atomic mass is 16.7. The summed E-state index contributed by atoms with van der Waals surface area (Å²) in [6.45, 7) is 7.03. The largest absolute Gasteiger partial charge is 0.514 e. The number of hydrogen-bond donors (Lipinski definition) is 0. The molecule has 0 spiro atoms. The highest BCUT2D eigenvalue weighted by Gasteiger charge is 2.65. The van der Waals surface area contributed by atoms with Crippen molar-refractivity contribution in [3.8, 4) is 34.1 Å². The van der Waals surface area contributed by atoms with Gasteiger partial charge in [0.1, 0.15) is 35.2 Å². The first-order chi connectivity index (χ1) is 28.4. The summed E-state index contributed by atoms with van der Waals surface area (Å²) < 4.78 is 41.9. The number of rotatable bonds is 6. The van der Waals surface area contributed by atoms with E-state index in [1.807, 2.05) is 48.5 Å². The minimum absolute atomic E-state index is 0.00549. The number of ether oxygens (including phenoxy) is 7. The number of esters is 1. The van der Waals surface area contributed by atoms with Gasteiger partial charge in [0.15, 0.2) is 0 Å². The van der Waals surface area contributed by atoms with Crippen molar-refractivity contribution < 1.29 is 47.5 Å². The zero-order valence-electron chi connectivity index (χ0n) is 35.0. The normalized spacial score (nSPS) is 31.7. The Morgan fingerprint density at radius 1 is 0.746 bits per heavy atom. The Morgan fingerprint density at radius 3 is 1.97 bits per heavy atom. The molecule has 0 saturated heterocycles. The maximum atomic E-state index is 14.3. The summed E-state index contributed by atoms with van der Waals surface area (Å²) in [4.78, 5) is 40.1. The van der Waals surface area contributed by atoms with Crippen LogP contribution in [0.1, 0.15) is 85.0 Å². The maximum absolute atomic E-state index is 14.3. The minimum Gasteiger partial charge on any atom is -0.496 e. The number of benzene rings is 4. The van der Waals surface area contributed by atoms with E-state index >= 15 is 0 Å². The van der Waals surface area contributed by atoms with E-state index in [4.69, 9.17) is 33.2 Å². The lowest BCUT2D eigenvalue weighted by molar-refractivity contribution is -0.178. The molecule has 0 amide bonds. The molecule has 10 atom stereocenters. The highest BCUT2D eigenvalue weighted by molar-refractivity contribution is 6.10. The van der Waals surface area contributed by atoms with Crippen LogP contribution in [0.5, 0.6) is 23.0 Å². The van der Waals surface area contributed by atoms with Gasteiger partial charge in [0.25, 0.3) is 0 Å². The Morgan fingerprint density at radius 2 is 1.36 bits per heavy atom. The molecule has 0 aromatic heterocycles. The predicted octanol–water partition coefficient (Wildman–Crippen LogP) is 11.3. The van der Waals surface area contributed by atoms with Crippen molar-refractivity contribution in [2.24, 2.45) is 46.3 Å². The lowest BCUT2D eigenvalue weighted by atomic mass is 9.43. The Balaban J connectivity index is 1.16. The number of carbonyl (C=O) groups is 3. The Labute approximate surface area is 346 Å². The van der Waals surface area contributed by atoms with Gasteiger partial charge in [-0.1, -0.05) is 45.0 Å². The molecule has 4 aromatic rings. The van der Waals surface area contributed by atoms with Gasteiger partial charge >= 0.3 is 18.3 Å². The summed E-state index contributed by atoms with van der Waals surface area (Å²) in [6, 6.07) is 18.9. The number of carbonyl (C=O) groups excluding carboxylic acids is 3. The van der Waals surface area contributed by atoms with Crippen LogP contribution in [-0.4, -0.2) is 51.8 Å². The zero-order chi connectivity index (χ0) is 41.2. The molecular weight excluding hydrogens is 749 g/mol. The molecule has 9 bridgehead atoms. The molecule has 4 saturated carbocycles. The highest BCUT2D eigenvalue weighted by Crippen LogP contribution is 2.69. The van der Waals surface area contributed by atoms with Crippen LogP contribution < -0.4 is 18.9 Å². The fraction of sp³-hybridized carbons (Fsp3) is 0.531. The van der Waals surface area contributed by atoms with Crippen LogP contribution in [0.4, 0.5) is 9.59 Å². The molecule has 4 fully saturated rings. The summed E-state index contributed by atoms with van der Waals surface area (Å²) >= 11 is 0. The van der Waals surface area contributed by atoms with Crippen LogP contribution >= 0.6 is 0 Å². The summed E-state index contributed by atoms with van der Waals surface area (Å²) in [6.07, 6.45) is 6.45. The van der Waals surface area contributed by atoms with Crippen LogP contribution in [0.3, 0.4) is 0 Å². The first-order valence-corrected chi connectivity index (χ1v) is 21.5. The van der Waals surface area contributed by atoms with E-state index in [1.165, 1.54) is 7.11 Å². The molecule has 4 aromatic carbocycles. The first kappa shape index (κ1) is 39.5. The van der Waals surface area contributed by atoms with Gasteiger partial charge < -0.3 is 33.2 Å². The third kappa shape index (κ3) is 6.65. The smallest absolute Gasteiger partial charge is 0.496 e. The van der Waals surface area contributed by atoms with E-state index in [0.717, 1.165) is 90.5 Å². The molecular formula is C49H56O10. The third-order valence-electron chi connectivity index (χ3n) is 16.0. The van der Waals surface area contributed by atoms with Gasteiger partial charge in [-0.15, -0.1) is 0 Å². The van der Waals surface area contributed by atoms with Gasteiger partial charge in [0.2, 0.25) is 0 Å². The predicted molar refractivity (Wildman–Crippen MR) is 223 cm³/mol. The van der Waals surface area contributed by atoms with E-state index in [2.05, 4.69) is 20.8 Å². The van der Waals surface area contributed by atoms with Crippen LogP contribution in [0.25, 0.3) is 32.7 Å². The summed E-state index contributed by atoms with van der Waals surface area (Å²) in [7, 11) is 4.68. The molecule has 59 heavy (non-hydrogen) atoms. The lowest BCUT2D eigenvalue weighted by Gasteiger charge is -2.62. The van der Waals surface area contributed by atoms with Crippen molar-refractivity contribution in [1.29, 1.82) is 0 Å². The first-order valence-electron chi connectivity index (χ1n) is 21.5. The number of methoxy groups -OCH3 is 3. The topological polar surface area (TPSA) is 116 Å². The van der Waals surface area contributed by atoms with Crippen LogP contribution in [-0.2, 0) is 19.0 Å². The van der Waals surface area contributed by atoms with Crippen molar-refractivity contribution in [2.45, 2.75) is 97.2 Å². The van der Waals surface area contributed by atoms with Crippen LogP contribution in [0, 0.1) is 46.3 Å². The van der Waals surface area contributed by atoms with Gasteiger partial charge in [0.05, 0.1) is 21.3 Å². The molecule has 10 heteroatoms. The maximum Gasteiger partial charge on any atom is 0.514 e. The van der Waals surface area contributed by atoms with Gasteiger partial charge in [-0.05, 0) is 157 Å². The second kappa shape index (κ2) is 15.2. The zero-order valence-corrected chi connectivity index (χ0v) is 35.0. The molecule has 2 aliphatic heterocycles. The molecule has 0 N–H and O–H groups in total. The van der Waals surface area contributed by atoms with Crippen LogP contribution in [0.2, 0.25) is 0 Å². The third-order valence-corrected chi connectivity index (χ3v) is 16.0. The molecule has 1 unspecified atom stereocenters. The number of hydrogen-bond acceptors (Lipinski definition) is 10. The molecule has 10 nitrogen and oxygen atoms in total. The number of fused-ring (bicyclic) bond motifs is 7. The molecule has 2 heterocycles. The Bertz CT molecular complexity index is 2300. The summed E-state index contributed by atoms with van der Waals surface area (Å²) in [5.74, 6) is 3.73. The lowest BCUT2D eigenvalue weighted by Crippen LogP contribution is -2.59. The average molecular weight is 805 g/mol. The van der Waals surface area contributed by atoms with E-state index in [-0.39, 0.29) is 40.8 Å². The van der Waals surface area contributed by atoms with E-state index in [1.54, 1.807) is 26.4 Å². The van der Waals surface area contributed by atoms with Gasteiger partial charge in [0, 0.05) is 23.0 Å². The fourth-order valence-electron chi connectivity index (χ4n) is 13.1. The average Bonchev–Trinajstić information content (AvgIpc) is 3.60. The van der Waals surface area contributed by atoms with Gasteiger partial charge in [-0.25, -0.2) is 9.59 Å². The molecule has 0 radical (unpaired) electrons. The van der Waals surface area contributed by atoms with Crippen molar-refractivity contribution in [2.75, 3.05) is 21.3 Å².